The van der Waals surface area contributed by atoms with Crippen LogP contribution in [0, 0.1) is 0 Å². The average Bonchev–Trinajstić information content (AvgIpc) is 2.76. The van der Waals surface area contributed by atoms with Gasteiger partial charge in [0.25, 0.3) is 0 Å². The van der Waals surface area contributed by atoms with Crippen LogP contribution in [0.5, 0.6) is 0 Å². The number of anilines is 1. The molecular weight excluding hydrogens is 292 g/mol. The summed E-state index contributed by atoms with van der Waals surface area (Å²) in [5.74, 6) is 1.89. The number of halogens is 1. The van der Waals surface area contributed by atoms with Gasteiger partial charge in [-0.1, -0.05) is 35.8 Å². The van der Waals surface area contributed by atoms with Gasteiger partial charge in [-0.3, -0.25) is 0 Å². The highest BCUT2D eigenvalue weighted by Crippen LogP contribution is 2.23. The third-order valence-electron chi connectivity index (χ3n) is 2.89. The molecule has 5 heteroatoms. The van der Waals surface area contributed by atoms with Crippen molar-refractivity contribution in [1.82, 2.24) is 14.8 Å². The molecule has 0 radical (unpaired) electrons. The smallest absolute Gasteiger partial charge is 0.150 e. The normalized spacial score (nSPS) is 10.8. The van der Waals surface area contributed by atoms with Crippen LogP contribution in [0.4, 0.5) is 5.69 Å². The van der Waals surface area contributed by atoms with Gasteiger partial charge in [-0.15, -0.1) is 0 Å². The third kappa shape index (κ3) is 2.56. The van der Waals surface area contributed by atoms with Crippen LogP contribution in [0.2, 0.25) is 0 Å². The summed E-state index contributed by atoms with van der Waals surface area (Å²) < 4.78 is 2.95. The molecule has 2 aromatic rings. The number of nitrogen functional groups attached to an aromatic ring is 1. The number of hydrogen-bond donors (Lipinski definition) is 1. The lowest BCUT2D eigenvalue weighted by Gasteiger charge is -2.09. The maximum Gasteiger partial charge on any atom is 0.150 e. The lowest BCUT2D eigenvalue weighted by atomic mass is 10.2. The Morgan fingerprint density at radius 3 is 2.67 bits per heavy atom. The molecule has 0 fully saturated rings. The highest BCUT2D eigenvalue weighted by Gasteiger charge is 2.11. The summed E-state index contributed by atoms with van der Waals surface area (Å²) in [6.07, 6.45) is 1.72. The van der Waals surface area contributed by atoms with E-state index in [0.717, 1.165) is 40.2 Å². The molecule has 0 unspecified atom stereocenters. The zero-order valence-corrected chi connectivity index (χ0v) is 12.2. The molecule has 0 atom stereocenters. The first-order chi connectivity index (χ1) is 8.65. The molecule has 1 aromatic carbocycles. The van der Waals surface area contributed by atoms with Gasteiger partial charge in [0.1, 0.15) is 5.82 Å². The van der Waals surface area contributed by atoms with Crippen molar-refractivity contribution < 1.29 is 0 Å². The average molecular weight is 309 g/mol. The van der Waals surface area contributed by atoms with Gasteiger partial charge in [-0.2, -0.15) is 5.10 Å². The second-order valence-corrected chi connectivity index (χ2v) is 4.97. The van der Waals surface area contributed by atoms with Crippen molar-refractivity contribution in [2.24, 2.45) is 0 Å². The fourth-order valence-corrected chi connectivity index (χ4v) is 2.36. The van der Waals surface area contributed by atoms with Crippen LogP contribution in [0.3, 0.4) is 0 Å². The van der Waals surface area contributed by atoms with Crippen molar-refractivity contribution in [2.45, 2.75) is 33.2 Å². The van der Waals surface area contributed by atoms with E-state index < -0.39 is 0 Å². The number of benzene rings is 1. The monoisotopic (exact) mass is 308 g/mol. The molecule has 0 aliphatic rings. The molecule has 0 saturated heterocycles. The van der Waals surface area contributed by atoms with Crippen LogP contribution in [0.25, 0.3) is 0 Å². The van der Waals surface area contributed by atoms with Gasteiger partial charge in [0.05, 0.1) is 6.54 Å². The first-order valence-electron chi connectivity index (χ1n) is 6.11. The van der Waals surface area contributed by atoms with E-state index in [1.165, 1.54) is 0 Å². The van der Waals surface area contributed by atoms with Crippen LogP contribution in [-0.4, -0.2) is 14.8 Å². The molecule has 2 rings (SSSR count). The molecule has 1 aromatic heterocycles. The Bertz CT molecular complexity index is 528. The Hall–Kier alpha value is -1.36. The fourth-order valence-electron chi connectivity index (χ4n) is 1.86. The number of rotatable bonds is 4. The Labute approximate surface area is 115 Å². The van der Waals surface area contributed by atoms with E-state index in [1.54, 1.807) is 0 Å². The Morgan fingerprint density at radius 1 is 1.28 bits per heavy atom. The highest BCUT2D eigenvalue weighted by molar-refractivity contribution is 9.10. The zero-order chi connectivity index (χ0) is 13.1. The van der Waals surface area contributed by atoms with Crippen molar-refractivity contribution in [2.75, 3.05) is 5.73 Å². The van der Waals surface area contributed by atoms with Gasteiger partial charge in [0.2, 0.25) is 0 Å². The minimum atomic E-state index is 0.656. The molecule has 18 heavy (non-hydrogen) atoms. The first kappa shape index (κ1) is 13.1. The van der Waals surface area contributed by atoms with Crippen LogP contribution < -0.4 is 5.73 Å². The minimum absolute atomic E-state index is 0.656. The maximum atomic E-state index is 6.01. The summed E-state index contributed by atoms with van der Waals surface area (Å²) in [4.78, 5) is 4.50. The summed E-state index contributed by atoms with van der Waals surface area (Å²) in [5.41, 5.74) is 7.84. The molecule has 4 nitrogen and oxygen atoms in total. The fraction of sp³-hybridized carbons (Fsp3) is 0.385. The standard InChI is InChI=1S/C13H17BrN4/c1-3-12-16-13(4-2)18(17-12)8-9-10(14)6-5-7-11(9)15/h5-7H,3-4,8,15H2,1-2H3. The summed E-state index contributed by atoms with van der Waals surface area (Å²) in [7, 11) is 0. The molecular formula is C13H17BrN4. The number of aromatic nitrogens is 3. The van der Waals surface area contributed by atoms with Crippen LogP contribution >= 0.6 is 15.9 Å². The van der Waals surface area contributed by atoms with Crippen LogP contribution in [-0.2, 0) is 19.4 Å². The van der Waals surface area contributed by atoms with E-state index >= 15 is 0 Å². The third-order valence-corrected chi connectivity index (χ3v) is 3.63. The molecule has 0 aliphatic carbocycles. The molecule has 0 bridgehead atoms. The molecule has 2 N–H and O–H groups in total. The largest absolute Gasteiger partial charge is 0.398 e. The van der Waals surface area contributed by atoms with Gasteiger partial charge < -0.3 is 5.73 Å². The van der Waals surface area contributed by atoms with E-state index in [0.29, 0.717) is 6.54 Å². The predicted octanol–water partition coefficient (Wildman–Crippen LogP) is 2.80. The van der Waals surface area contributed by atoms with Gasteiger partial charge in [0.15, 0.2) is 5.82 Å². The predicted molar refractivity (Wildman–Crippen MR) is 76.4 cm³/mol. The summed E-state index contributed by atoms with van der Waals surface area (Å²) >= 11 is 3.53. The van der Waals surface area contributed by atoms with E-state index in [9.17, 15) is 0 Å². The Morgan fingerprint density at radius 2 is 2.06 bits per heavy atom. The number of aryl methyl sites for hydroxylation is 2. The van der Waals surface area contributed by atoms with Crippen molar-refractivity contribution >= 4 is 21.6 Å². The molecule has 1 heterocycles. The van der Waals surface area contributed by atoms with Crippen molar-refractivity contribution in [1.29, 1.82) is 0 Å². The highest BCUT2D eigenvalue weighted by atomic mass is 79.9. The van der Waals surface area contributed by atoms with Gasteiger partial charge >= 0.3 is 0 Å². The number of hydrogen-bond acceptors (Lipinski definition) is 3. The van der Waals surface area contributed by atoms with E-state index in [1.807, 2.05) is 22.9 Å². The number of nitrogens with zero attached hydrogens (tertiary/aromatic N) is 3. The lowest BCUT2D eigenvalue weighted by Crippen LogP contribution is -2.09. The lowest BCUT2D eigenvalue weighted by molar-refractivity contribution is 0.637. The van der Waals surface area contributed by atoms with Gasteiger partial charge in [0, 0.05) is 28.6 Å². The molecule has 0 saturated carbocycles. The topological polar surface area (TPSA) is 56.7 Å². The van der Waals surface area contributed by atoms with Gasteiger partial charge in [-0.05, 0) is 12.1 Å². The SMILES string of the molecule is CCc1nc(CC)n(Cc2c(N)cccc2Br)n1. The first-order valence-corrected chi connectivity index (χ1v) is 6.90. The van der Waals surface area contributed by atoms with E-state index in [-0.39, 0.29) is 0 Å². The maximum absolute atomic E-state index is 6.01. The molecule has 0 aliphatic heterocycles. The second kappa shape index (κ2) is 5.52. The van der Waals surface area contributed by atoms with E-state index in [2.05, 4.69) is 39.9 Å². The summed E-state index contributed by atoms with van der Waals surface area (Å²) in [6, 6.07) is 5.83. The number of nitrogens with two attached hydrogens (primary N) is 1. The van der Waals surface area contributed by atoms with Crippen LogP contribution in [0.15, 0.2) is 22.7 Å². The minimum Gasteiger partial charge on any atom is -0.398 e. The molecule has 96 valence electrons. The summed E-state index contributed by atoms with van der Waals surface area (Å²) in [6.45, 7) is 4.80. The van der Waals surface area contributed by atoms with E-state index in [4.69, 9.17) is 5.73 Å². The summed E-state index contributed by atoms with van der Waals surface area (Å²) in [5, 5.41) is 4.51. The van der Waals surface area contributed by atoms with Gasteiger partial charge in [-0.25, -0.2) is 9.67 Å². The van der Waals surface area contributed by atoms with Crippen molar-refractivity contribution in [3.05, 3.63) is 39.9 Å². The van der Waals surface area contributed by atoms with Crippen LogP contribution in [0.1, 0.15) is 31.1 Å². The van der Waals surface area contributed by atoms with Crippen molar-refractivity contribution in [3.63, 3.8) is 0 Å². The quantitative estimate of drug-likeness (QED) is 0.884. The molecule has 0 spiro atoms. The zero-order valence-electron chi connectivity index (χ0n) is 10.7. The second-order valence-electron chi connectivity index (χ2n) is 4.12. The molecule has 0 amide bonds. The van der Waals surface area contributed by atoms with Crippen molar-refractivity contribution in [3.8, 4) is 0 Å². The Kier molecular flexibility index (Phi) is 4.01. The Balaban J connectivity index is 2.36.